The van der Waals surface area contributed by atoms with Gasteiger partial charge in [0, 0.05) is 24.5 Å². The Bertz CT molecular complexity index is 857. The van der Waals surface area contributed by atoms with Crippen LogP contribution in [0.3, 0.4) is 0 Å². The molecule has 0 aliphatic heterocycles. The van der Waals surface area contributed by atoms with Crippen molar-refractivity contribution >= 4 is 39.2 Å². The van der Waals surface area contributed by atoms with Crippen molar-refractivity contribution in [3.05, 3.63) is 20.8 Å². The molecule has 1 amide bonds. The number of thioether (sulfide) groups is 1. The maximum atomic E-state index is 13.1. The van der Waals surface area contributed by atoms with Crippen LogP contribution < -0.4 is 5.56 Å². The zero-order valence-corrected chi connectivity index (χ0v) is 17.5. The lowest BCUT2D eigenvalue weighted by molar-refractivity contribution is -0.128. The molecule has 2 aromatic heterocycles. The van der Waals surface area contributed by atoms with E-state index in [-0.39, 0.29) is 11.5 Å². The molecule has 2 heterocycles. The smallest absolute Gasteiger partial charge is 0.263 e. The van der Waals surface area contributed by atoms with Crippen molar-refractivity contribution in [2.24, 2.45) is 0 Å². The van der Waals surface area contributed by atoms with Gasteiger partial charge in [0.05, 0.1) is 11.1 Å². The third kappa shape index (κ3) is 3.69. The molecule has 1 aliphatic carbocycles. The number of aryl methyl sites for hydroxylation is 2. The summed E-state index contributed by atoms with van der Waals surface area (Å²) >= 11 is 3.06. The van der Waals surface area contributed by atoms with Crippen LogP contribution in [0.1, 0.15) is 50.5 Å². The predicted molar refractivity (Wildman–Crippen MR) is 109 cm³/mol. The van der Waals surface area contributed by atoms with Gasteiger partial charge < -0.3 is 4.90 Å². The summed E-state index contributed by atoms with van der Waals surface area (Å²) in [6.07, 6.45) is 5.35. The minimum Gasteiger partial charge on any atom is -0.342 e. The van der Waals surface area contributed by atoms with Gasteiger partial charge in [-0.15, -0.1) is 11.3 Å². The van der Waals surface area contributed by atoms with E-state index >= 15 is 0 Å². The Balaban J connectivity index is 1.91. The van der Waals surface area contributed by atoms with Crippen molar-refractivity contribution in [2.45, 2.75) is 64.6 Å². The number of aromatic nitrogens is 2. The van der Waals surface area contributed by atoms with Gasteiger partial charge in [-0.25, -0.2) is 4.98 Å². The number of rotatable bonds is 7. The first-order valence-corrected chi connectivity index (χ1v) is 11.4. The van der Waals surface area contributed by atoms with Gasteiger partial charge in [0.1, 0.15) is 4.83 Å². The molecule has 0 bridgehead atoms. The number of fused-ring (bicyclic) bond motifs is 3. The highest BCUT2D eigenvalue weighted by molar-refractivity contribution is 7.99. The molecule has 0 radical (unpaired) electrons. The number of amides is 1. The number of thiophene rings is 1. The van der Waals surface area contributed by atoms with E-state index in [1.807, 2.05) is 18.7 Å². The van der Waals surface area contributed by atoms with Crippen LogP contribution in [0, 0.1) is 0 Å². The molecule has 5 nitrogen and oxygen atoms in total. The lowest BCUT2D eigenvalue weighted by Crippen LogP contribution is -2.33. The van der Waals surface area contributed by atoms with Gasteiger partial charge >= 0.3 is 0 Å². The normalized spacial score (nSPS) is 13.8. The van der Waals surface area contributed by atoms with E-state index in [1.54, 1.807) is 15.9 Å². The molecule has 1 aliphatic rings. The van der Waals surface area contributed by atoms with E-state index in [0.29, 0.717) is 17.5 Å². The Kier molecular flexibility index (Phi) is 6.40. The van der Waals surface area contributed by atoms with Crippen LogP contribution in [0.2, 0.25) is 0 Å². The Hall–Kier alpha value is -1.34. The SMILES string of the molecule is CCCN(CC)C(=O)CSc1nc2sc3c(c2c(=O)n1CC)CCCC3. The quantitative estimate of drug-likeness (QED) is 0.532. The van der Waals surface area contributed by atoms with E-state index in [1.165, 1.54) is 28.6 Å². The van der Waals surface area contributed by atoms with Crippen LogP contribution in [0.5, 0.6) is 0 Å². The van der Waals surface area contributed by atoms with Crippen molar-refractivity contribution in [1.29, 1.82) is 0 Å². The zero-order chi connectivity index (χ0) is 18.7. The third-order valence-corrected chi connectivity index (χ3v) is 7.06. The predicted octanol–water partition coefficient (Wildman–Crippen LogP) is 3.71. The highest BCUT2D eigenvalue weighted by atomic mass is 32.2. The van der Waals surface area contributed by atoms with E-state index in [0.717, 1.165) is 49.0 Å². The van der Waals surface area contributed by atoms with Crippen molar-refractivity contribution < 1.29 is 4.79 Å². The van der Waals surface area contributed by atoms with E-state index in [2.05, 4.69) is 6.92 Å². The maximum Gasteiger partial charge on any atom is 0.263 e. The van der Waals surface area contributed by atoms with Gasteiger partial charge in [-0.2, -0.15) is 0 Å². The van der Waals surface area contributed by atoms with Gasteiger partial charge in [-0.1, -0.05) is 18.7 Å². The average molecular weight is 394 g/mol. The summed E-state index contributed by atoms with van der Waals surface area (Å²) in [6, 6.07) is 0. The van der Waals surface area contributed by atoms with Crippen LogP contribution >= 0.6 is 23.1 Å². The Morgan fingerprint density at radius 3 is 2.73 bits per heavy atom. The minimum atomic E-state index is 0.0627. The van der Waals surface area contributed by atoms with Crippen molar-refractivity contribution in [2.75, 3.05) is 18.8 Å². The van der Waals surface area contributed by atoms with Gasteiger partial charge in [0.25, 0.3) is 5.56 Å². The zero-order valence-electron chi connectivity index (χ0n) is 15.8. The van der Waals surface area contributed by atoms with E-state index < -0.39 is 0 Å². The second-order valence-electron chi connectivity index (χ2n) is 6.60. The molecule has 2 aromatic rings. The fourth-order valence-corrected chi connectivity index (χ4v) is 5.82. The van der Waals surface area contributed by atoms with Crippen LogP contribution in [-0.2, 0) is 24.2 Å². The van der Waals surface area contributed by atoms with Gasteiger partial charge in [-0.05, 0) is 51.5 Å². The maximum absolute atomic E-state index is 13.1. The highest BCUT2D eigenvalue weighted by Crippen LogP contribution is 2.34. The summed E-state index contributed by atoms with van der Waals surface area (Å²) in [4.78, 5) is 34.3. The Labute approximate surface area is 162 Å². The van der Waals surface area contributed by atoms with Crippen LogP contribution in [0.15, 0.2) is 9.95 Å². The summed E-state index contributed by atoms with van der Waals surface area (Å²) in [7, 11) is 0. The monoisotopic (exact) mass is 393 g/mol. The lowest BCUT2D eigenvalue weighted by atomic mass is 9.97. The molecule has 142 valence electrons. The summed E-state index contributed by atoms with van der Waals surface area (Å²) in [6.45, 7) is 8.12. The summed E-state index contributed by atoms with van der Waals surface area (Å²) in [5.74, 6) is 0.443. The molecule has 0 fully saturated rings. The summed E-state index contributed by atoms with van der Waals surface area (Å²) < 4.78 is 1.73. The number of carbonyl (C=O) groups is 1. The van der Waals surface area contributed by atoms with Gasteiger partial charge in [0.15, 0.2) is 5.16 Å². The second-order valence-corrected chi connectivity index (χ2v) is 8.62. The molecule has 0 spiro atoms. The molecule has 0 saturated carbocycles. The largest absolute Gasteiger partial charge is 0.342 e. The lowest BCUT2D eigenvalue weighted by Gasteiger charge is -2.20. The molecule has 0 unspecified atom stereocenters. The molecule has 3 rings (SSSR count). The standard InChI is InChI=1S/C19H27N3O2S2/c1-4-11-21(5-2)15(23)12-25-19-20-17-16(18(24)22(19)6-3)13-9-7-8-10-14(13)26-17/h4-12H2,1-3H3. The average Bonchev–Trinajstić information content (AvgIpc) is 3.02. The molecule has 0 atom stereocenters. The first kappa shape index (κ1) is 19.4. The van der Waals surface area contributed by atoms with Crippen LogP contribution in [0.4, 0.5) is 0 Å². The Morgan fingerprint density at radius 1 is 1.27 bits per heavy atom. The van der Waals surface area contributed by atoms with Gasteiger partial charge in [0.2, 0.25) is 5.91 Å². The van der Waals surface area contributed by atoms with Gasteiger partial charge in [-0.3, -0.25) is 14.2 Å². The van der Waals surface area contributed by atoms with Crippen LogP contribution in [0.25, 0.3) is 10.2 Å². The Morgan fingerprint density at radius 2 is 2.04 bits per heavy atom. The fourth-order valence-electron chi connectivity index (χ4n) is 3.56. The minimum absolute atomic E-state index is 0.0627. The molecule has 0 aromatic carbocycles. The summed E-state index contributed by atoms with van der Waals surface area (Å²) in [5, 5.41) is 1.49. The third-order valence-electron chi connectivity index (χ3n) is 4.91. The van der Waals surface area contributed by atoms with Crippen molar-refractivity contribution in [1.82, 2.24) is 14.5 Å². The molecule has 0 N–H and O–H groups in total. The summed E-state index contributed by atoms with van der Waals surface area (Å²) in [5.41, 5.74) is 1.29. The molecular formula is C19H27N3O2S2. The molecular weight excluding hydrogens is 366 g/mol. The molecule has 26 heavy (non-hydrogen) atoms. The number of hydrogen-bond donors (Lipinski definition) is 0. The molecule has 7 heteroatoms. The van der Waals surface area contributed by atoms with Crippen molar-refractivity contribution in [3.63, 3.8) is 0 Å². The molecule has 0 saturated heterocycles. The van der Waals surface area contributed by atoms with E-state index in [9.17, 15) is 9.59 Å². The van der Waals surface area contributed by atoms with E-state index in [4.69, 9.17) is 4.98 Å². The number of carbonyl (C=O) groups excluding carboxylic acids is 1. The number of hydrogen-bond acceptors (Lipinski definition) is 5. The first-order chi connectivity index (χ1) is 12.6. The van der Waals surface area contributed by atoms with Crippen molar-refractivity contribution in [3.8, 4) is 0 Å². The number of nitrogens with zero attached hydrogens (tertiary/aromatic N) is 3. The highest BCUT2D eigenvalue weighted by Gasteiger charge is 2.22. The van der Waals surface area contributed by atoms with Crippen LogP contribution in [-0.4, -0.2) is 39.2 Å². The first-order valence-electron chi connectivity index (χ1n) is 9.56. The second kappa shape index (κ2) is 8.57. The fraction of sp³-hybridized carbons (Fsp3) is 0.632. The topological polar surface area (TPSA) is 55.2 Å².